The van der Waals surface area contributed by atoms with Crippen LogP contribution in [0.2, 0.25) is 11.1 Å². The Labute approximate surface area is 429 Å². The van der Waals surface area contributed by atoms with Gasteiger partial charge in [-0.25, -0.2) is 8.78 Å². The van der Waals surface area contributed by atoms with Gasteiger partial charge in [-0.3, -0.25) is 0 Å². The monoisotopic (exact) mass is 1120 g/mol. The fourth-order valence-corrected chi connectivity index (χ4v) is 14.1. The zero-order valence-electron chi connectivity index (χ0n) is 41.0. The summed E-state index contributed by atoms with van der Waals surface area (Å²) in [4.78, 5) is 0. The summed E-state index contributed by atoms with van der Waals surface area (Å²) in [6.45, 7) is 12.9. The third-order valence-corrected chi connectivity index (χ3v) is 20.1. The molecule has 0 radical (unpaired) electrons. The molecule has 2 aromatic heterocycles. The van der Waals surface area contributed by atoms with Gasteiger partial charge in [0, 0.05) is 70.6 Å². The van der Waals surface area contributed by atoms with Crippen molar-refractivity contribution in [2.75, 3.05) is 12.5 Å². The number of rotatable bonds is 12. The van der Waals surface area contributed by atoms with Crippen LogP contribution in [0.4, 0.5) is 8.78 Å². The minimum atomic E-state index is -2.53. The minimum absolute atomic E-state index is 0. The minimum Gasteiger partial charge on any atom is -0.585 e. The van der Waals surface area contributed by atoms with E-state index in [2.05, 4.69) is 85.4 Å². The van der Waals surface area contributed by atoms with Crippen molar-refractivity contribution in [2.45, 2.75) is 52.6 Å². The topological polar surface area (TPSA) is 75.9 Å². The second kappa shape index (κ2) is 20.5. The number of phenols is 2. The van der Waals surface area contributed by atoms with Crippen LogP contribution in [0.15, 0.2) is 158 Å². The number of phenolic OH excluding ortho intramolecular Hbond substituents is 2. The van der Waals surface area contributed by atoms with Gasteiger partial charge in [0.15, 0.2) is 12.5 Å². The van der Waals surface area contributed by atoms with Gasteiger partial charge in [0.1, 0.15) is 23.1 Å². The predicted octanol–water partition coefficient (Wildman–Crippen LogP) is 15.9. The Morgan fingerprint density at radius 2 is 0.771 bits per heavy atom. The fraction of sp³-hybridized carbons (Fsp3) is 0.167. The Kier molecular flexibility index (Phi) is 15.0. The number of para-hydroxylation sites is 4. The number of fused-ring (bicyclic) bond motifs is 6. The molecule has 2 heterocycles. The first-order valence-corrected chi connectivity index (χ1v) is 25.5. The van der Waals surface area contributed by atoms with E-state index in [1.165, 1.54) is 24.3 Å². The molecule has 0 saturated carbocycles. The number of hydrogen-bond acceptors (Lipinski definition) is 2. The van der Waals surface area contributed by atoms with Gasteiger partial charge in [0.25, 0.3) is 19.6 Å². The van der Waals surface area contributed by atoms with Crippen molar-refractivity contribution in [2.24, 2.45) is 0 Å². The Hall–Kier alpha value is -6.49. The molecule has 10 rings (SSSR count). The Morgan fingerprint density at radius 1 is 0.457 bits per heavy atom. The van der Waals surface area contributed by atoms with E-state index in [0.29, 0.717) is 57.6 Å². The van der Waals surface area contributed by atoms with Gasteiger partial charge in [-0.2, -0.15) is 0 Å². The Bertz CT molecular complexity index is 3200. The summed E-state index contributed by atoms with van der Waals surface area (Å²) >= 11 is 0. The molecule has 0 spiro atoms. The van der Waals surface area contributed by atoms with Crippen LogP contribution < -0.4 is 0 Å². The molecule has 0 aliphatic heterocycles. The van der Waals surface area contributed by atoms with Gasteiger partial charge in [0.05, 0.1) is 44.6 Å². The summed E-state index contributed by atoms with van der Waals surface area (Å²) in [6, 6.07) is 49.5. The molecule has 4 N–H and O–H groups in total. The third kappa shape index (κ3) is 8.85. The molecule has 356 valence electrons. The number of aromatic nitrogens is 2. The van der Waals surface area contributed by atoms with Crippen LogP contribution in [-0.4, -0.2) is 49.4 Å². The summed E-state index contributed by atoms with van der Waals surface area (Å²) in [7, 11) is -2.53. The van der Waals surface area contributed by atoms with Crippen LogP contribution in [0.5, 0.6) is 23.0 Å². The number of nitrogens with zero attached hydrogens (tertiary/aromatic N) is 2. The molecule has 0 aliphatic carbocycles. The quantitative estimate of drug-likeness (QED) is 0.0727. The molecule has 0 amide bonds. The van der Waals surface area contributed by atoms with Crippen molar-refractivity contribution in [3.63, 3.8) is 0 Å². The number of aryl methyl sites for hydroxylation is 2. The fourth-order valence-electron chi connectivity index (χ4n) is 10.3. The smallest absolute Gasteiger partial charge is 0.267 e. The largest absolute Gasteiger partial charge is 0.585 e. The molecule has 0 bridgehead atoms. The second-order valence-corrected chi connectivity index (χ2v) is 24.0. The average Bonchev–Trinajstić information content (AvgIpc) is 3.84. The van der Waals surface area contributed by atoms with E-state index in [0.717, 1.165) is 54.7 Å². The van der Waals surface area contributed by atoms with Crippen molar-refractivity contribution in [1.82, 2.24) is 9.13 Å². The average molecular weight is 1120 g/mol. The molecular formula is C60H60F2HfN2O4Si. The maximum Gasteiger partial charge on any atom is 0.267 e. The summed E-state index contributed by atoms with van der Waals surface area (Å²) < 4.78 is 45.7. The summed E-state index contributed by atoms with van der Waals surface area (Å²) in [5, 5.41) is 28.9. The third-order valence-electron chi connectivity index (χ3n) is 14.0. The molecule has 0 saturated heterocycles. The molecule has 0 aliphatic rings. The number of benzene rings is 8. The second-order valence-electron chi connectivity index (χ2n) is 18.6. The molecule has 10 heteroatoms. The standard InChI is InChI=1S/C58H52F2N2O4Si.2CH3.Hf/c1-35(2)67(36(3)4,33-65-55-25-23-39(59)31-45(55)47-27-37(5)29-53(57(47)63)61-49-19-11-7-15-41(49)42-16-8-12-20-50(42)61)34-66-56-26-24-40(60)32-46(56)48-28-38(6)30-54(58(48)64)62-51-21-13-9-17-43(51)44-18-10-14-22-52(44)62;;;/h7-32,35-36,63-64H,33-34H2,1-6H3;2*1H3;/q;2*-1;/p+2. The van der Waals surface area contributed by atoms with Crippen molar-refractivity contribution in [1.29, 1.82) is 0 Å². The van der Waals surface area contributed by atoms with Crippen molar-refractivity contribution < 1.29 is 54.3 Å². The number of aromatic hydroxyl groups is 4. The van der Waals surface area contributed by atoms with Crippen molar-refractivity contribution >= 4 is 51.7 Å². The zero-order chi connectivity index (χ0) is 46.7. The van der Waals surface area contributed by atoms with E-state index < -0.39 is 19.7 Å². The zero-order valence-corrected chi connectivity index (χ0v) is 45.6. The summed E-state index contributed by atoms with van der Waals surface area (Å²) in [5.74, 6) is 0.384. The van der Waals surface area contributed by atoms with Gasteiger partial charge < -0.3 is 43.7 Å². The molecule has 10 aromatic rings. The van der Waals surface area contributed by atoms with E-state index >= 15 is 8.78 Å². The molecule has 6 nitrogen and oxygen atoms in total. The van der Waals surface area contributed by atoms with E-state index in [1.807, 2.05) is 86.6 Å². The predicted molar refractivity (Wildman–Crippen MR) is 287 cm³/mol. The molecule has 70 heavy (non-hydrogen) atoms. The van der Waals surface area contributed by atoms with Crippen LogP contribution in [0.1, 0.15) is 38.8 Å². The van der Waals surface area contributed by atoms with E-state index in [9.17, 15) is 10.2 Å². The molecule has 0 atom stereocenters. The first kappa shape index (κ1) is 51.4. The first-order valence-electron chi connectivity index (χ1n) is 22.9. The van der Waals surface area contributed by atoms with Crippen molar-refractivity contribution in [3.05, 3.63) is 195 Å². The molecular weight excluding hydrogens is 1060 g/mol. The SMILES string of the molecule is Cc1cc(-c2cc(F)ccc2[OH+]C[Si](C[OH+]c2ccc(F)cc2-c2cc(C)cc(-n3c4ccccc4c4ccccc43)c2O)(C(C)C)C(C)C)c(O)c(-n2c3ccccc3c3ccccc32)c1.[CH3-].[CH3-].[Hf]. The molecule has 8 aromatic carbocycles. The molecule has 0 fully saturated rings. The van der Waals surface area contributed by atoms with Gasteiger partial charge in [-0.05, 0) is 109 Å². The maximum atomic E-state index is 15.4. The van der Waals surface area contributed by atoms with Gasteiger partial charge in [-0.1, -0.05) is 100 Å². The number of aliphatic hydroxyl groups is 2. The van der Waals surface area contributed by atoms with Crippen LogP contribution >= 0.6 is 0 Å². The van der Waals surface area contributed by atoms with Crippen LogP contribution in [0.25, 0.3) is 77.2 Å². The van der Waals surface area contributed by atoms with Gasteiger partial charge in [-0.15, -0.1) is 0 Å². The summed E-state index contributed by atoms with van der Waals surface area (Å²) in [6.07, 6.45) is 0.946. The van der Waals surface area contributed by atoms with Crippen molar-refractivity contribution in [3.8, 4) is 56.6 Å². The Balaban J connectivity index is 0.00000241. The van der Waals surface area contributed by atoms with E-state index in [4.69, 9.17) is 9.47 Å². The normalized spacial score (nSPS) is 11.6. The van der Waals surface area contributed by atoms with Crippen LogP contribution in [0.3, 0.4) is 0 Å². The summed E-state index contributed by atoms with van der Waals surface area (Å²) in [5.41, 5.74) is 9.29. The number of hydrogen-bond donors (Lipinski definition) is 2. The van der Waals surface area contributed by atoms with E-state index in [1.54, 1.807) is 12.1 Å². The van der Waals surface area contributed by atoms with Gasteiger partial charge >= 0.3 is 0 Å². The van der Waals surface area contributed by atoms with E-state index in [-0.39, 0.29) is 63.3 Å². The maximum absolute atomic E-state index is 15.4. The van der Waals surface area contributed by atoms with Crippen LogP contribution in [0, 0.1) is 40.3 Å². The number of halogens is 2. The first-order chi connectivity index (χ1) is 32.3. The number of ether oxygens (including phenoxy) is 2. The Morgan fingerprint density at radius 3 is 1.09 bits per heavy atom. The van der Waals surface area contributed by atoms with Gasteiger partial charge in [0.2, 0.25) is 0 Å². The molecule has 0 unspecified atom stereocenters. The van der Waals surface area contributed by atoms with Crippen LogP contribution in [-0.2, 0) is 25.8 Å².